The van der Waals surface area contributed by atoms with Crippen LogP contribution in [0.1, 0.15) is 50.8 Å². The Kier molecular flexibility index (Phi) is 5.00. The summed E-state index contributed by atoms with van der Waals surface area (Å²) in [5, 5.41) is 10.5. The fourth-order valence-electron chi connectivity index (χ4n) is 2.64. The first-order valence-electron chi connectivity index (χ1n) is 7.66. The van der Waals surface area contributed by atoms with E-state index in [2.05, 4.69) is 49.9 Å². The van der Waals surface area contributed by atoms with Crippen molar-refractivity contribution in [2.24, 2.45) is 5.92 Å². The molecule has 1 aliphatic carbocycles. The van der Waals surface area contributed by atoms with Gasteiger partial charge in [-0.15, -0.1) is 0 Å². The molecule has 1 aromatic carbocycles. The van der Waals surface area contributed by atoms with E-state index in [4.69, 9.17) is 0 Å². The van der Waals surface area contributed by atoms with E-state index in [9.17, 15) is 5.11 Å². The van der Waals surface area contributed by atoms with Gasteiger partial charge in [0.15, 0.2) is 0 Å². The lowest BCUT2D eigenvalue weighted by molar-refractivity contribution is 0.0581. The van der Waals surface area contributed by atoms with Crippen LogP contribution in [0.3, 0.4) is 0 Å². The second kappa shape index (κ2) is 6.53. The molecule has 0 amide bonds. The number of aliphatic hydroxyl groups is 1. The highest BCUT2D eigenvalue weighted by Gasteiger charge is 2.28. The molecule has 106 valence electrons. The van der Waals surface area contributed by atoms with Crippen LogP contribution in [0.5, 0.6) is 0 Å². The van der Waals surface area contributed by atoms with Crippen LogP contribution >= 0.6 is 0 Å². The van der Waals surface area contributed by atoms with Gasteiger partial charge in [-0.25, -0.2) is 0 Å². The highest BCUT2D eigenvalue weighted by atomic mass is 16.3. The molecule has 0 aliphatic heterocycles. The Morgan fingerprint density at radius 1 is 1.21 bits per heavy atom. The van der Waals surface area contributed by atoms with E-state index in [0.717, 1.165) is 31.0 Å². The number of aryl methyl sites for hydroxylation is 1. The Labute approximate surface area is 117 Å². The van der Waals surface area contributed by atoms with Crippen LogP contribution in [0.2, 0.25) is 0 Å². The number of aliphatic hydroxyl groups excluding tert-OH is 1. The highest BCUT2D eigenvalue weighted by molar-refractivity contribution is 5.25. The average Bonchev–Trinajstić information content (AvgIpc) is 3.27. The summed E-state index contributed by atoms with van der Waals surface area (Å²) in [5.41, 5.74) is 2.37. The van der Waals surface area contributed by atoms with Crippen molar-refractivity contribution in [1.82, 2.24) is 4.90 Å². The van der Waals surface area contributed by atoms with E-state index in [1.807, 2.05) is 0 Å². The second-order valence-corrected chi connectivity index (χ2v) is 5.81. The van der Waals surface area contributed by atoms with Crippen molar-refractivity contribution in [2.45, 2.75) is 52.2 Å². The minimum Gasteiger partial charge on any atom is -0.387 e. The van der Waals surface area contributed by atoms with Gasteiger partial charge in [-0.05, 0) is 49.8 Å². The zero-order valence-electron chi connectivity index (χ0n) is 12.5. The van der Waals surface area contributed by atoms with Crippen LogP contribution in [0.25, 0.3) is 0 Å². The van der Waals surface area contributed by atoms with Gasteiger partial charge in [0.1, 0.15) is 0 Å². The molecule has 0 radical (unpaired) electrons. The largest absolute Gasteiger partial charge is 0.387 e. The van der Waals surface area contributed by atoms with Crippen molar-refractivity contribution in [2.75, 3.05) is 13.1 Å². The SMILES string of the molecule is CCc1ccc(C(O)C(C)N(CC)CC2CC2)cc1. The summed E-state index contributed by atoms with van der Waals surface area (Å²) in [4.78, 5) is 2.41. The van der Waals surface area contributed by atoms with E-state index in [-0.39, 0.29) is 12.1 Å². The molecule has 0 saturated heterocycles. The lowest BCUT2D eigenvalue weighted by atomic mass is 10.00. The summed E-state index contributed by atoms with van der Waals surface area (Å²) in [6.07, 6.45) is 3.40. The van der Waals surface area contributed by atoms with Crippen molar-refractivity contribution >= 4 is 0 Å². The molecule has 19 heavy (non-hydrogen) atoms. The predicted octanol–water partition coefficient (Wildman–Crippen LogP) is 3.40. The molecule has 1 saturated carbocycles. The minimum atomic E-state index is -0.385. The lowest BCUT2D eigenvalue weighted by Gasteiger charge is -2.31. The summed E-state index contributed by atoms with van der Waals surface area (Å²) in [6.45, 7) is 8.64. The normalized spacial score (nSPS) is 18.6. The minimum absolute atomic E-state index is 0.193. The fraction of sp³-hybridized carbons (Fsp3) is 0.647. The van der Waals surface area contributed by atoms with Crippen LogP contribution < -0.4 is 0 Å². The van der Waals surface area contributed by atoms with Crippen LogP contribution in [-0.2, 0) is 6.42 Å². The lowest BCUT2D eigenvalue weighted by Crippen LogP contribution is -2.38. The molecule has 2 heteroatoms. The van der Waals surface area contributed by atoms with Crippen LogP contribution in [-0.4, -0.2) is 29.1 Å². The van der Waals surface area contributed by atoms with E-state index in [1.54, 1.807) is 0 Å². The van der Waals surface area contributed by atoms with Crippen molar-refractivity contribution < 1.29 is 5.11 Å². The second-order valence-electron chi connectivity index (χ2n) is 5.81. The van der Waals surface area contributed by atoms with Gasteiger partial charge in [0.05, 0.1) is 6.10 Å². The monoisotopic (exact) mass is 261 g/mol. The zero-order valence-corrected chi connectivity index (χ0v) is 12.5. The van der Waals surface area contributed by atoms with E-state index in [1.165, 1.54) is 18.4 Å². The zero-order chi connectivity index (χ0) is 13.8. The van der Waals surface area contributed by atoms with Crippen LogP contribution in [0, 0.1) is 5.92 Å². The smallest absolute Gasteiger partial charge is 0.0942 e. The molecular weight excluding hydrogens is 234 g/mol. The number of nitrogens with zero attached hydrogens (tertiary/aromatic N) is 1. The fourth-order valence-corrected chi connectivity index (χ4v) is 2.64. The summed E-state index contributed by atoms with van der Waals surface area (Å²) in [6, 6.07) is 8.60. The summed E-state index contributed by atoms with van der Waals surface area (Å²) < 4.78 is 0. The first-order valence-corrected chi connectivity index (χ1v) is 7.66. The number of benzene rings is 1. The topological polar surface area (TPSA) is 23.5 Å². The van der Waals surface area contributed by atoms with Gasteiger partial charge in [-0.2, -0.15) is 0 Å². The summed E-state index contributed by atoms with van der Waals surface area (Å²) in [5.74, 6) is 0.872. The number of rotatable bonds is 7. The van der Waals surface area contributed by atoms with Gasteiger partial charge in [0, 0.05) is 12.6 Å². The Hall–Kier alpha value is -0.860. The third kappa shape index (κ3) is 3.80. The molecule has 2 unspecified atom stereocenters. The molecule has 0 aromatic heterocycles. The first-order chi connectivity index (χ1) is 9.15. The molecule has 0 spiro atoms. The molecule has 1 N–H and O–H groups in total. The van der Waals surface area contributed by atoms with Gasteiger partial charge in [-0.3, -0.25) is 4.90 Å². The quantitative estimate of drug-likeness (QED) is 0.813. The van der Waals surface area contributed by atoms with Gasteiger partial charge in [-0.1, -0.05) is 38.1 Å². The number of hydrogen-bond acceptors (Lipinski definition) is 2. The van der Waals surface area contributed by atoms with E-state index in [0.29, 0.717) is 0 Å². The third-order valence-electron chi connectivity index (χ3n) is 4.36. The number of likely N-dealkylation sites (N-methyl/N-ethyl adjacent to an activating group) is 1. The van der Waals surface area contributed by atoms with Gasteiger partial charge in [0.2, 0.25) is 0 Å². The van der Waals surface area contributed by atoms with Gasteiger partial charge >= 0.3 is 0 Å². The third-order valence-corrected chi connectivity index (χ3v) is 4.36. The average molecular weight is 261 g/mol. The summed E-state index contributed by atoms with van der Waals surface area (Å²) in [7, 11) is 0. The van der Waals surface area contributed by atoms with Gasteiger partial charge in [0.25, 0.3) is 0 Å². The maximum Gasteiger partial charge on any atom is 0.0942 e. The molecule has 2 rings (SSSR count). The Bertz CT molecular complexity index is 383. The van der Waals surface area contributed by atoms with Crippen molar-refractivity contribution in [1.29, 1.82) is 0 Å². The molecule has 1 aliphatic rings. The molecule has 2 nitrogen and oxygen atoms in total. The van der Waals surface area contributed by atoms with Crippen molar-refractivity contribution in [3.8, 4) is 0 Å². The molecule has 2 atom stereocenters. The van der Waals surface area contributed by atoms with Crippen molar-refractivity contribution in [3.63, 3.8) is 0 Å². The molecular formula is C17H27NO. The van der Waals surface area contributed by atoms with Crippen LogP contribution in [0.15, 0.2) is 24.3 Å². The first kappa shape index (κ1) is 14.5. The molecule has 0 heterocycles. The Balaban J connectivity index is 2.00. The predicted molar refractivity (Wildman–Crippen MR) is 80.2 cm³/mol. The van der Waals surface area contributed by atoms with E-state index < -0.39 is 0 Å². The molecule has 0 bridgehead atoms. The van der Waals surface area contributed by atoms with Crippen LogP contribution in [0.4, 0.5) is 0 Å². The molecule has 1 fully saturated rings. The van der Waals surface area contributed by atoms with E-state index >= 15 is 0 Å². The molecule has 1 aromatic rings. The standard InChI is InChI=1S/C17H27NO/c1-4-14-8-10-16(11-9-14)17(19)13(3)18(5-2)12-15-6-7-15/h8-11,13,15,17,19H,4-7,12H2,1-3H3. The van der Waals surface area contributed by atoms with Gasteiger partial charge < -0.3 is 5.11 Å². The Morgan fingerprint density at radius 2 is 1.84 bits per heavy atom. The number of hydrogen-bond donors (Lipinski definition) is 1. The maximum atomic E-state index is 10.5. The summed E-state index contributed by atoms with van der Waals surface area (Å²) >= 11 is 0. The Morgan fingerprint density at radius 3 is 2.32 bits per heavy atom. The highest BCUT2D eigenvalue weighted by Crippen LogP contribution is 2.31. The maximum absolute atomic E-state index is 10.5. The van der Waals surface area contributed by atoms with Crippen molar-refractivity contribution in [3.05, 3.63) is 35.4 Å².